The van der Waals surface area contributed by atoms with E-state index in [0.717, 1.165) is 25.0 Å². The molecule has 0 aliphatic heterocycles. The van der Waals surface area contributed by atoms with Gasteiger partial charge in [-0.1, -0.05) is 6.07 Å². The molecule has 0 fully saturated rings. The highest BCUT2D eigenvalue weighted by molar-refractivity contribution is 5.90. The van der Waals surface area contributed by atoms with Gasteiger partial charge in [-0.25, -0.2) is 9.37 Å². The number of carbonyl (C=O) groups is 1. The highest BCUT2D eigenvalue weighted by Gasteiger charge is 2.16. The van der Waals surface area contributed by atoms with Crippen LogP contribution >= 0.6 is 0 Å². The summed E-state index contributed by atoms with van der Waals surface area (Å²) in [6.45, 7) is 1.52. The second-order valence-electron chi connectivity index (χ2n) is 5.82. The Balaban J connectivity index is 1.75. The monoisotopic (exact) mass is 315 g/mol. The number of aryl methyl sites for hydroxylation is 2. The summed E-state index contributed by atoms with van der Waals surface area (Å²) in [4.78, 5) is 28.7. The molecule has 0 saturated heterocycles. The second-order valence-corrected chi connectivity index (χ2v) is 5.82. The van der Waals surface area contributed by atoms with Crippen molar-refractivity contribution in [3.8, 4) is 0 Å². The summed E-state index contributed by atoms with van der Waals surface area (Å²) >= 11 is 0. The number of hydrogen-bond acceptors (Lipinski definition) is 3. The molecule has 3 rings (SSSR count). The average Bonchev–Trinajstić information content (AvgIpc) is 2.54. The van der Waals surface area contributed by atoms with E-state index in [9.17, 15) is 14.0 Å². The van der Waals surface area contributed by atoms with Crippen molar-refractivity contribution in [2.45, 2.75) is 39.2 Å². The molecular weight excluding hydrogens is 297 g/mol. The zero-order chi connectivity index (χ0) is 16.4. The van der Waals surface area contributed by atoms with Gasteiger partial charge in [0, 0.05) is 11.3 Å². The number of carbonyl (C=O) groups excluding carboxylic acids is 1. The topological polar surface area (TPSA) is 64.0 Å². The number of rotatable bonds is 3. The lowest BCUT2D eigenvalue weighted by molar-refractivity contribution is -0.116. The Morgan fingerprint density at radius 2 is 2.13 bits per heavy atom. The van der Waals surface area contributed by atoms with Crippen LogP contribution in [0.4, 0.5) is 10.1 Å². The number of nitrogens with zero attached hydrogens (tertiary/aromatic N) is 2. The normalized spacial score (nSPS) is 13.5. The first-order valence-corrected chi connectivity index (χ1v) is 7.68. The average molecular weight is 315 g/mol. The van der Waals surface area contributed by atoms with Crippen LogP contribution in [0.2, 0.25) is 0 Å². The Morgan fingerprint density at radius 3 is 2.91 bits per heavy atom. The van der Waals surface area contributed by atoms with Crippen LogP contribution in [0.1, 0.15) is 29.7 Å². The first kappa shape index (κ1) is 15.4. The Hall–Kier alpha value is -2.50. The quantitative estimate of drug-likeness (QED) is 0.944. The van der Waals surface area contributed by atoms with Gasteiger partial charge in [-0.15, -0.1) is 0 Å². The highest BCUT2D eigenvalue weighted by Crippen LogP contribution is 2.16. The van der Waals surface area contributed by atoms with E-state index < -0.39 is 0 Å². The van der Waals surface area contributed by atoms with Crippen LogP contribution in [-0.4, -0.2) is 15.5 Å². The van der Waals surface area contributed by atoms with Gasteiger partial charge < -0.3 is 5.32 Å². The number of hydrogen-bond donors (Lipinski definition) is 1. The predicted molar refractivity (Wildman–Crippen MR) is 84.9 cm³/mol. The third kappa shape index (κ3) is 3.31. The summed E-state index contributed by atoms with van der Waals surface area (Å²) in [6, 6.07) is 4.49. The van der Waals surface area contributed by atoms with E-state index >= 15 is 0 Å². The molecule has 0 atom stereocenters. The number of amides is 1. The fourth-order valence-corrected chi connectivity index (χ4v) is 2.77. The number of anilines is 1. The summed E-state index contributed by atoms with van der Waals surface area (Å²) in [5.41, 5.74) is 2.29. The van der Waals surface area contributed by atoms with E-state index in [1.165, 1.54) is 17.0 Å². The predicted octanol–water partition coefficient (Wildman–Crippen LogP) is 2.21. The molecule has 1 aliphatic rings. The molecule has 23 heavy (non-hydrogen) atoms. The fourth-order valence-electron chi connectivity index (χ4n) is 2.77. The molecule has 5 nitrogen and oxygen atoms in total. The smallest absolute Gasteiger partial charge is 0.257 e. The molecule has 0 radical (unpaired) electrons. The number of halogens is 1. The Labute approximate surface area is 133 Å². The molecular formula is C17H18FN3O2. The van der Waals surface area contributed by atoms with Crippen molar-refractivity contribution < 1.29 is 9.18 Å². The molecule has 1 heterocycles. The largest absolute Gasteiger partial charge is 0.324 e. The highest BCUT2D eigenvalue weighted by atomic mass is 19.1. The SMILES string of the molecule is Cc1ccc(NC(=O)Cn2cnc3c(c2=O)CCCC3)cc1F. The van der Waals surface area contributed by atoms with Crippen LogP contribution in [0.3, 0.4) is 0 Å². The first-order chi connectivity index (χ1) is 11.0. The Morgan fingerprint density at radius 1 is 1.35 bits per heavy atom. The molecule has 0 saturated carbocycles. The van der Waals surface area contributed by atoms with Gasteiger partial charge in [-0.3, -0.25) is 14.2 Å². The summed E-state index contributed by atoms with van der Waals surface area (Å²) in [7, 11) is 0. The summed E-state index contributed by atoms with van der Waals surface area (Å²) in [5.74, 6) is -0.761. The number of benzene rings is 1. The molecule has 1 N–H and O–H groups in total. The van der Waals surface area contributed by atoms with Gasteiger partial charge in [0.15, 0.2) is 0 Å². The number of fused-ring (bicyclic) bond motifs is 1. The molecule has 6 heteroatoms. The standard InChI is InChI=1S/C17H18FN3O2/c1-11-6-7-12(8-14(11)18)20-16(22)9-21-10-19-15-5-3-2-4-13(15)17(21)23/h6-8,10H,2-5,9H2,1H3,(H,20,22). The summed E-state index contributed by atoms with van der Waals surface area (Å²) < 4.78 is 14.8. The van der Waals surface area contributed by atoms with Crippen molar-refractivity contribution in [1.82, 2.24) is 9.55 Å². The van der Waals surface area contributed by atoms with E-state index in [0.29, 0.717) is 23.2 Å². The molecule has 1 aromatic heterocycles. The number of aromatic nitrogens is 2. The first-order valence-electron chi connectivity index (χ1n) is 7.68. The van der Waals surface area contributed by atoms with Gasteiger partial charge in [0.25, 0.3) is 5.56 Å². The molecule has 2 aromatic rings. The van der Waals surface area contributed by atoms with E-state index in [1.807, 2.05) is 0 Å². The minimum absolute atomic E-state index is 0.130. The lowest BCUT2D eigenvalue weighted by Crippen LogP contribution is -2.32. The molecule has 1 aromatic carbocycles. The van der Waals surface area contributed by atoms with Crippen molar-refractivity contribution in [1.29, 1.82) is 0 Å². The molecule has 1 aliphatic carbocycles. The van der Waals surface area contributed by atoms with Crippen molar-refractivity contribution in [2.24, 2.45) is 0 Å². The van der Waals surface area contributed by atoms with Crippen LogP contribution in [0, 0.1) is 12.7 Å². The van der Waals surface area contributed by atoms with E-state index in [4.69, 9.17) is 0 Å². The second kappa shape index (κ2) is 6.32. The third-order valence-electron chi connectivity index (χ3n) is 4.08. The van der Waals surface area contributed by atoms with Gasteiger partial charge in [-0.05, 0) is 50.3 Å². The zero-order valence-electron chi connectivity index (χ0n) is 12.9. The molecule has 0 bridgehead atoms. The summed E-state index contributed by atoms with van der Waals surface area (Å²) in [6.07, 6.45) is 4.97. The van der Waals surface area contributed by atoms with Gasteiger partial charge in [-0.2, -0.15) is 0 Å². The zero-order valence-corrected chi connectivity index (χ0v) is 12.9. The van der Waals surface area contributed by atoms with Crippen molar-refractivity contribution >= 4 is 11.6 Å². The van der Waals surface area contributed by atoms with Crippen LogP contribution in [0.15, 0.2) is 29.3 Å². The maximum absolute atomic E-state index is 13.5. The van der Waals surface area contributed by atoms with Gasteiger partial charge >= 0.3 is 0 Å². The van der Waals surface area contributed by atoms with E-state index in [-0.39, 0.29) is 23.8 Å². The number of nitrogens with one attached hydrogen (secondary N) is 1. The van der Waals surface area contributed by atoms with Gasteiger partial charge in [0.2, 0.25) is 5.91 Å². The van der Waals surface area contributed by atoms with E-state index in [1.54, 1.807) is 19.1 Å². The van der Waals surface area contributed by atoms with Crippen molar-refractivity contribution in [3.63, 3.8) is 0 Å². The Bertz CT molecular complexity index is 814. The maximum atomic E-state index is 13.5. The molecule has 1 amide bonds. The summed E-state index contributed by atoms with van der Waals surface area (Å²) in [5, 5.41) is 2.60. The lowest BCUT2D eigenvalue weighted by Gasteiger charge is -2.15. The van der Waals surface area contributed by atoms with Crippen molar-refractivity contribution in [2.75, 3.05) is 5.32 Å². The van der Waals surface area contributed by atoms with Crippen LogP contribution < -0.4 is 10.9 Å². The minimum Gasteiger partial charge on any atom is -0.324 e. The molecule has 0 spiro atoms. The molecule has 120 valence electrons. The lowest BCUT2D eigenvalue weighted by atomic mass is 9.97. The van der Waals surface area contributed by atoms with Crippen molar-refractivity contribution in [3.05, 3.63) is 57.5 Å². The Kier molecular flexibility index (Phi) is 4.23. The van der Waals surface area contributed by atoms with Crippen LogP contribution in [0.25, 0.3) is 0 Å². The van der Waals surface area contributed by atoms with Crippen LogP contribution in [0.5, 0.6) is 0 Å². The van der Waals surface area contributed by atoms with Gasteiger partial charge in [0.1, 0.15) is 12.4 Å². The van der Waals surface area contributed by atoms with Crippen LogP contribution in [-0.2, 0) is 24.2 Å². The fraction of sp³-hybridized carbons (Fsp3) is 0.353. The van der Waals surface area contributed by atoms with Gasteiger partial charge in [0.05, 0.1) is 12.0 Å². The molecule has 0 unspecified atom stereocenters. The maximum Gasteiger partial charge on any atom is 0.257 e. The third-order valence-corrected chi connectivity index (χ3v) is 4.08. The minimum atomic E-state index is -0.382. The van der Waals surface area contributed by atoms with E-state index in [2.05, 4.69) is 10.3 Å².